The average Bonchev–Trinajstić information content (AvgIpc) is 2.86. The van der Waals surface area contributed by atoms with Gasteiger partial charge in [0.05, 0.1) is 24.5 Å². The van der Waals surface area contributed by atoms with E-state index in [0.29, 0.717) is 17.7 Å². The van der Waals surface area contributed by atoms with Crippen molar-refractivity contribution in [2.75, 3.05) is 10.6 Å². The van der Waals surface area contributed by atoms with E-state index >= 15 is 0 Å². The number of hydrogen-bond donors (Lipinski definition) is 1. The molecular weight excluding hydrogens is 472 g/mol. The quantitative estimate of drug-likeness (QED) is 0.421. The Bertz CT molecular complexity index is 1330. The highest BCUT2D eigenvalue weighted by Crippen LogP contribution is 2.42. The van der Waals surface area contributed by atoms with Crippen LogP contribution in [0.3, 0.4) is 0 Å². The van der Waals surface area contributed by atoms with Gasteiger partial charge in [0.1, 0.15) is 11.4 Å². The molecule has 0 saturated carbocycles. The summed E-state index contributed by atoms with van der Waals surface area (Å²) in [5.41, 5.74) is 3.61. The molecule has 0 bridgehead atoms. The lowest BCUT2D eigenvalue weighted by Crippen LogP contribution is -2.44. The van der Waals surface area contributed by atoms with Crippen LogP contribution in [0.1, 0.15) is 66.2 Å². The molecule has 1 N–H and O–H groups in total. The first-order valence-electron chi connectivity index (χ1n) is 12.4. The van der Waals surface area contributed by atoms with E-state index in [2.05, 4.69) is 19.2 Å². The lowest BCUT2D eigenvalue weighted by molar-refractivity contribution is 0.0227. The van der Waals surface area contributed by atoms with Gasteiger partial charge in [-0.05, 0) is 61.2 Å². The Morgan fingerprint density at radius 1 is 1.03 bits per heavy atom. The van der Waals surface area contributed by atoms with Crippen LogP contribution in [0, 0.1) is 6.92 Å². The van der Waals surface area contributed by atoms with Crippen molar-refractivity contribution in [2.45, 2.75) is 58.2 Å². The summed E-state index contributed by atoms with van der Waals surface area (Å²) in [7, 11) is -3.48. The minimum absolute atomic E-state index is 0.149. The third-order valence-corrected chi connectivity index (χ3v) is 8.16. The van der Waals surface area contributed by atoms with E-state index in [1.54, 1.807) is 18.2 Å². The normalized spacial score (nSPS) is 16.5. The first-order valence-corrected chi connectivity index (χ1v) is 14.2. The first kappa shape index (κ1) is 25.8. The summed E-state index contributed by atoms with van der Waals surface area (Å²) in [5.74, 6) is 0.660. The van der Waals surface area contributed by atoms with Gasteiger partial charge in [-0.3, -0.25) is 9.10 Å². The molecule has 1 amide bonds. The van der Waals surface area contributed by atoms with E-state index in [-0.39, 0.29) is 24.1 Å². The number of sulfonamides is 1. The summed E-state index contributed by atoms with van der Waals surface area (Å²) in [6.45, 7) is 6.35. The second-order valence-electron chi connectivity index (χ2n) is 9.57. The number of fused-ring (bicyclic) bond motifs is 1. The van der Waals surface area contributed by atoms with Crippen LogP contribution in [0.2, 0.25) is 0 Å². The SMILES string of the molecule is CCC1(CC)C[C@@H](NC(=O)c2ccc(CN(c3cccc(C)c3)S(C)(=O)=O)cc2)c2ccccc2O1. The molecular formula is C29H34N2O4S. The maximum atomic E-state index is 13.2. The van der Waals surface area contributed by atoms with Gasteiger partial charge < -0.3 is 10.1 Å². The molecule has 190 valence electrons. The van der Waals surface area contributed by atoms with Gasteiger partial charge >= 0.3 is 0 Å². The second-order valence-corrected chi connectivity index (χ2v) is 11.5. The zero-order chi connectivity index (χ0) is 25.9. The van der Waals surface area contributed by atoms with Gasteiger partial charge in [0.15, 0.2) is 0 Å². The molecule has 6 nitrogen and oxygen atoms in total. The maximum absolute atomic E-state index is 13.2. The molecule has 4 rings (SSSR count). The van der Waals surface area contributed by atoms with Gasteiger partial charge in [-0.1, -0.05) is 56.3 Å². The van der Waals surface area contributed by atoms with Crippen LogP contribution in [-0.2, 0) is 16.6 Å². The Kier molecular flexibility index (Phi) is 7.41. The van der Waals surface area contributed by atoms with Crippen molar-refractivity contribution in [3.63, 3.8) is 0 Å². The van der Waals surface area contributed by atoms with Crippen LogP contribution < -0.4 is 14.4 Å². The largest absolute Gasteiger partial charge is 0.487 e. The Labute approximate surface area is 214 Å². The third kappa shape index (κ3) is 5.57. The van der Waals surface area contributed by atoms with E-state index in [9.17, 15) is 13.2 Å². The molecule has 0 aliphatic carbocycles. The summed E-state index contributed by atoms with van der Waals surface area (Å²) in [4.78, 5) is 13.2. The Hall–Kier alpha value is -3.32. The highest BCUT2D eigenvalue weighted by atomic mass is 32.2. The average molecular weight is 507 g/mol. The van der Waals surface area contributed by atoms with Gasteiger partial charge in [0.2, 0.25) is 10.0 Å². The zero-order valence-corrected chi connectivity index (χ0v) is 22.1. The number of rotatable bonds is 8. The minimum atomic E-state index is -3.48. The van der Waals surface area contributed by atoms with Gasteiger partial charge in [0, 0.05) is 17.5 Å². The standard InChI is InChI=1S/C29H34N2O4S/c1-5-29(6-2)19-26(25-12-7-8-13-27(25)35-29)30-28(32)23-16-14-22(15-17-23)20-31(36(4,33)34)24-11-9-10-21(3)18-24/h7-18,26H,5-6,19-20H2,1-4H3,(H,30,32)/t26-/m1/s1. The van der Waals surface area contributed by atoms with E-state index in [1.807, 2.05) is 61.5 Å². The smallest absolute Gasteiger partial charge is 0.251 e. The minimum Gasteiger partial charge on any atom is -0.487 e. The summed E-state index contributed by atoms with van der Waals surface area (Å²) >= 11 is 0. The van der Waals surface area contributed by atoms with Gasteiger partial charge in [0.25, 0.3) is 5.91 Å². The number of carbonyl (C=O) groups excluding carboxylic acids is 1. The van der Waals surface area contributed by atoms with E-state index < -0.39 is 10.0 Å². The number of ether oxygens (including phenoxy) is 1. The molecule has 0 aromatic heterocycles. The molecule has 3 aromatic carbocycles. The molecule has 1 heterocycles. The fourth-order valence-electron chi connectivity index (χ4n) is 4.78. The second kappa shape index (κ2) is 10.3. The third-order valence-electron chi connectivity index (χ3n) is 7.02. The van der Waals surface area contributed by atoms with Crippen LogP contribution >= 0.6 is 0 Å². The molecule has 1 aliphatic rings. The molecule has 0 unspecified atom stereocenters. The molecule has 0 radical (unpaired) electrons. The van der Waals surface area contributed by atoms with Crippen molar-refractivity contribution in [1.29, 1.82) is 0 Å². The van der Waals surface area contributed by atoms with E-state index in [1.165, 1.54) is 10.6 Å². The zero-order valence-electron chi connectivity index (χ0n) is 21.3. The van der Waals surface area contributed by atoms with Gasteiger partial charge in [-0.25, -0.2) is 8.42 Å². The van der Waals surface area contributed by atoms with Crippen LogP contribution in [0.4, 0.5) is 5.69 Å². The highest BCUT2D eigenvalue weighted by molar-refractivity contribution is 7.92. The first-order chi connectivity index (χ1) is 17.1. The molecule has 0 saturated heterocycles. The summed E-state index contributed by atoms with van der Waals surface area (Å²) < 4.78 is 32.7. The summed E-state index contributed by atoms with van der Waals surface area (Å²) in [6, 6.07) is 22.3. The Morgan fingerprint density at radius 3 is 2.36 bits per heavy atom. The number of aryl methyl sites for hydroxylation is 1. The maximum Gasteiger partial charge on any atom is 0.251 e. The van der Waals surface area contributed by atoms with Gasteiger partial charge in [-0.2, -0.15) is 0 Å². The molecule has 0 fully saturated rings. The topological polar surface area (TPSA) is 75.7 Å². The van der Waals surface area contributed by atoms with Crippen LogP contribution in [-0.4, -0.2) is 26.2 Å². The fraction of sp³-hybridized carbons (Fsp3) is 0.345. The monoisotopic (exact) mass is 506 g/mol. The molecule has 1 atom stereocenters. The molecule has 3 aromatic rings. The molecule has 36 heavy (non-hydrogen) atoms. The highest BCUT2D eigenvalue weighted by Gasteiger charge is 2.39. The summed E-state index contributed by atoms with van der Waals surface area (Å²) in [6.07, 6.45) is 3.63. The number of carbonyl (C=O) groups is 1. The predicted octanol–water partition coefficient (Wildman–Crippen LogP) is 5.77. The van der Waals surface area contributed by atoms with Crippen LogP contribution in [0.15, 0.2) is 72.8 Å². The van der Waals surface area contributed by atoms with Crippen molar-refractivity contribution in [3.05, 3.63) is 95.1 Å². The Balaban J connectivity index is 1.52. The van der Waals surface area contributed by atoms with Crippen molar-refractivity contribution in [1.82, 2.24) is 5.32 Å². The number of para-hydroxylation sites is 1. The predicted molar refractivity (Wildman–Crippen MR) is 144 cm³/mol. The van der Waals surface area contributed by atoms with Crippen LogP contribution in [0.25, 0.3) is 0 Å². The van der Waals surface area contributed by atoms with E-state index in [0.717, 1.165) is 35.3 Å². The number of amides is 1. The Morgan fingerprint density at radius 2 is 1.72 bits per heavy atom. The van der Waals surface area contributed by atoms with Gasteiger partial charge in [-0.15, -0.1) is 0 Å². The number of anilines is 1. The molecule has 7 heteroatoms. The van der Waals surface area contributed by atoms with Crippen LogP contribution in [0.5, 0.6) is 5.75 Å². The lowest BCUT2D eigenvalue weighted by atomic mass is 9.83. The molecule has 1 aliphatic heterocycles. The lowest BCUT2D eigenvalue weighted by Gasteiger charge is -2.41. The van der Waals surface area contributed by atoms with E-state index in [4.69, 9.17) is 4.74 Å². The number of hydrogen-bond acceptors (Lipinski definition) is 4. The van der Waals surface area contributed by atoms with Crippen molar-refractivity contribution < 1.29 is 17.9 Å². The molecule has 0 spiro atoms. The number of benzene rings is 3. The van der Waals surface area contributed by atoms with Crippen molar-refractivity contribution in [3.8, 4) is 5.75 Å². The van der Waals surface area contributed by atoms with Crippen molar-refractivity contribution in [2.24, 2.45) is 0 Å². The summed E-state index contributed by atoms with van der Waals surface area (Å²) in [5, 5.41) is 3.21. The number of nitrogens with one attached hydrogen (secondary N) is 1. The van der Waals surface area contributed by atoms with Crippen molar-refractivity contribution >= 4 is 21.6 Å². The number of nitrogens with zero attached hydrogens (tertiary/aromatic N) is 1. The fourth-order valence-corrected chi connectivity index (χ4v) is 5.66.